The third-order valence-corrected chi connectivity index (χ3v) is 7.05. The summed E-state index contributed by atoms with van der Waals surface area (Å²) in [6.45, 7) is 1.73. The Morgan fingerprint density at radius 1 is 1.07 bits per heavy atom. The Morgan fingerprint density at radius 2 is 1.83 bits per heavy atom. The summed E-state index contributed by atoms with van der Waals surface area (Å²) in [5.41, 5.74) is 3.49. The maximum absolute atomic E-state index is 12.8. The largest absolute Gasteiger partial charge is 0.350 e. The highest BCUT2D eigenvalue weighted by Gasteiger charge is 2.31. The van der Waals surface area contributed by atoms with Crippen molar-refractivity contribution in [2.75, 3.05) is 18.0 Å². The highest BCUT2D eigenvalue weighted by Crippen LogP contribution is 2.37. The molecular weight excluding hydrogens is 362 g/mol. The van der Waals surface area contributed by atoms with E-state index in [0.717, 1.165) is 44.5 Å². The molecule has 1 aromatic heterocycles. The monoisotopic (exact) mass is 391 g/mol. The van der Waals surface area contributed by atoms with Gasteiger partial charge in [0.05, 0.1) is 0 Å². The zero-order chi connectivity index (χ0) is 20.0. The fourth-order valence-corrected chi connectivity index (χ4v) is 5.40. The van der Waals surface area contributed by atoms with Crippen molar-refractivity contribution >= 4 is 28.4 Å². The summed E-state index contributed by atoms with van der Waals surface area (Å²) < 4.78 is 2.19. The topological polar surface area (TPSA) is 45.6 Å². The van der Waals surface area contributed by atoms with E-state index in [9.17, 15) is 9.59 Å². The number of fused-ring (bicyclic) bond motifs is 1. The van der Waals surface area contributed by atoms with E-state index < -0.39 is 0 Å². The molecule has 5 nitrogen and oxygen atoms in total. The van der Waals surface area contributed by atoms with Gasteiger partial charge in [-0.05, 0) is 55.4 Å². The summed E-state index contributed by atoms with van der Waals surface area (Å²) in [4.78, 5) is 28.7. The van der Waals surface area contributed by atoms with Gasteiger partial charge in [-0.3, -0.25) is 14.5 Å². The summed E-state index contributed by atoms with van der Waals surface area (Å²) in [6, 6.07) is 6.31. The van der Waals surface area contributed by atoms with Gasteiger partial charge in [0.25, 0.3) is 0 Å². The van der Waals surface area contributed by atoms with Crippen molar-refractivity contribution < 1.29 is 9.59 Å². The first-order valence-corrected chi connectivity index (χ1v) is 11.0. The molecule has 2 amide bonds. The van der Waals surface area contributed by atoms with Gasteiger partial charge in [0.2, 0.25) is 11.8 Å². The molecule has 152 valence electrons. The summed E-state index contributed by atoms with van der Waals surface area (Å²) in [7, 11) is 2.09. The van der Waals surface area contributed by atoms with E-state index in [4.69, 9.17) is 0 Å². The quantitative estimate of drug-likeness (QED) is 0.782. The lowest BCUT2D eigenvalue weighted by Gasteiger charge is -2.33. The van der Waals surface area contributed by atoms with E-state index in [-0.39, 0.29) is 11.8 Å². The molecule has 0 atom stereocenters. The van der Waals surface area contributed by atoms with Crippen LogP contribution < -0.4 is 4.90 Å². The van der Waals surface area contributed by atoms with Crippen LogP contribution >= 0.6 is 0 Å². The number of amides is 2. The van der Waals surface area contributed by atoms with Crippen molar-refractivity contribution in [3.63, 3.8) is 0 Å². The molecule has 1 saturated heterocycles. The number of hydrogen-bond donors (Lipinski definition) is 0. The third-order valence-electron chi connectivity index (χ3n) is 7.05. The Balaban J connectivity index is 1.37. The minimum absolute atomic E-state index is 0.126. The molecule has 1 aromatic carbocycles. The van der Waals surface area contributed by atoms with E-state index >= 15 is 0 Å². The van der Waals surface area contributed by atoms with E-state index in [2.05, 4.69) is 34.8 Å². The second-order valence-corrected chi connectivity index (χ2v) is 8.83. The Labute approximate surface area is 172 Å². The fraction of sp³-hybridized carbons (Fsp3) is 0.500. The average Bonchev–Trinajstić information content (AvgIpc) is 3.48. The molecule has 3 heterocycles. The maximum Gasteiger partial charge on any atom is 0.234 e. The normalized spacial score (nSPS) is 21.1. The van der Waals surface area contributed by atoms with Crippen LogP contribution in [0.4, 0.5) is 5.69 Å². The molecule has 0 N–H and O–H groups in total. The predicted octanol–water partition coefficient (Wildman–Crippen LogP) is 4.32. The summed E-state index contributed by atoms with van der Waals surface area (Å²) in [6.07, 6.45) is 13.1. The lowest BCUT2D eigenvalue weighted by molar-refractivity contribution is -0.136. The Kier molecular flexibility index (Phi) is 4.69. The summed E-state index contributed by atoms with van der Waals surface area (Å²) >= 11 is 0. The van der Waals surface area contributed by atoms with Crippen LogP contribution in [0.1, 0.15) is 56.4 Å². The molecule has 1 saturated carbocycles. The standard InChI is InChI=1S/C24H29N3O2/c1-25-16-21(17-10-13-26(14-11-17)24(29)18-5-2-3-6-18)20-15-19(8-9-22(20)25)27-12-4-7-23(27)28/h4,8-9,12,15-18H,2-3,5-7,10-11,13-14H2,1H3. The van der Waals surface area contributed by atoms with Gasteiger partial charge in [-0.25, -0.2) is 0 Å². The van der Waals surface area contributed by atoms with E-state index in [1.165, 1.54) is 29.3 Å². The van der Waals surface area contributed by atoms with Gasteiger partial charge in [-0.1, -0.05) is 18.9 Å². The number of carbonyl (C=O) groups excluding carboxylic acids is 2. The number of piperidine rings is 1. The van der Waals surface area contributed by atoms with Crippen LogP contribution in [0, 0.1) is 5.92 Å². The lowest BCUT2D eigenvalue weighted by atomic mass is 9.88. The van der Waals surface area contributed by atoms with Crippen LogP contribution in [0.3, 0.4) is 0 Å². The highest BCUT2D eigenvalue weighted by atomic mass is 16.2. The maximum atomic E-state index is 12.8. The van der Waals surface area contributed by atoms with Gasteiger partial charge in [0.15, 0.2) is 0 Å². The number of aromatic nitrogens is 1. The van der Waals surface area contributed by atoms with E-state index in [0.29, 0.717) is 18.2 Å². The van der Waals surface area contributed by atoms with Crippen LogP contribution in [0.2, 0.25) is 0 Å². The van der Waals surface area contributed by atoms with Crippen molar-refractivity contribution in [3.8, 4) is 0 Å². The first-order valence-electron chi connectivity index (χ1n) is 11.0. The molecule has 29 heavy (non-hydrogen) atoms. The van der Waals surface area contributed by atoms with Crippen molar-refractivity contribution in [1.29, 1.82) is 0 Å². The highest BCUT2D eigenvalue weighted by molar-refractivity contribution is 6.00. The molecule has 0 spiro atoms. The zero-order valence-corrected chi connectivity index (χ0v) is 17.1. The lowest BCUT2D eigenvalue weighted by Crippen LogP contribution is -2.40. The number of rotatable bonds is 3. The number of anilines is 1. The van der Waals surface area contributed by atoms with Gasteiger partial charge < -0.3 is 9.47 Å². The molecule has 0 bridgehead atoms. The smallest absolute Gasteiger partial charge is 0.234 e. The van der Waals surface area contributed by atoms with Crippen LogP contribution in [-0.4, -0.2) is 34.4 Å². The summed E-state index contributed by atoms with van der Waals surface area (Å²) in [5.74, 6) is 1.25. The van der Waals surface area contributed by atoms with Crippen molar-refractivity contribution in [3.05, 3.63) is 42.2 Å². The number of benzene rings is 1. The zero-order valence-electron chi connectivity index (χ0n) is 17.1. The number of nitrogens with zero attached hydrogens (tertiary/aromatic N) is 3. The molecule has 2 fully saturated rings. The Morgan fingerprint density at radius 3 is 2.52 bits per heavy atom. The number of aryl methyl sites for hydroxylation is 1. The van der Waals surface area contributed by atoms with Crippen molar-refractivity contribution in [1.82, 2.24) is 9.47 Å². The predicted molar refractivity (Wildman–Crippen MR) is 115 cm³/mol. The SMILES string of the molecule is Cn1cc(C2CCN(C(=O)C3CCCC3)CC2)c2cc(N3C=CCC3=O)ccc21. The van der Waals surface area contributed by atoms with E-state index in [1.807, 2.05) is 18.3 Å². The molecule has 2 aliphatic heterocycles. The molecule has 0 unspecified atom stereocenters. The van der Waals surface area contributed by atoms with Gasteiger partial charge in [-0.15, -0.1) is 0 Å². The first kappa shape index (κ1) is 18.5. The van der Waals surface area contributed by atoms with Gasteiger partial charge >= 0.3 is 0 Å². The average molecular weight is 392 g/mol. The second-order valence-electron chi connectivity index (χ2n) is 8.83. The summed E-state index contributed by atoms with van der Waals surface area (Å²) in [5, 5.41) is 1.23. The minimum Gasteiger partial charge on any atom is -0.350 e. The first-order chi connectivity index (χ1) is 14.1. The molecule has 0 radical (unpaired) electrons. The second kappa shape index (κ2) is 7.36. The van der Waals surface area contributed by atoms with Crippen LogP contribution in [0.25, 0.3) is 10.9 Å². The van der Waals surface area contributed by atoms with Crippen LogP contribution in [0.5, 0.6) is 0 Å². The van der Waals surface area contributed by atoms with Crippen LogP contribution in [0.15, 0.2) is 36.7 Å². The Bertz CT molecular complexity index is 975. The van der Waals surface area contributed by atoms with Crippen molar-refractivity contribution in [2.45, 2.75) is 50.9 Å². The van der Waals surface area contributed by atoms with Gasteiger partial charge in [0, 0.05) is 61.5 Å². The molecule has 5 heteroatoms. The van der Waals surface area contributed by atoms with Gasteiger partial charge in [0.1, 0.15) is 0 Å². The molecular formula is C24H29N3O2. The van der Waals surface area contributed by atoms with Crippen LogP contribution in [-0.2, 0) is 16.6 Å². The molecule has 2 aromatic rings. The number of carbonyl (C=O) groups is 2. The molecule has 5 rings (SSSR count). The number of hydrogen-bond acceptors (Lipinski definition) is 2. The molecule has 3 aliphatic rings. The fourth-order valence-electron chi connectivity index (χ4n) is 5.40. The van der Waals surface area contributed by atoms with E-state index in [1.54, 1.807) is 4.90 Å². The van der Waals surface area contributed by atoms with Crippen molar-refractivity contribution in [2.24, 2.45) is 13.0 Å². The minimum atomic E-state index is 0.126. The number of likely N-dealkylation sites (tertiary alicyclic amines) is 1. The Hall–Kier alpha value is -2.56. The molecule has 1 aliphatic carbocycles. The third kappa shape index (κ3) is 3.26. The van der Waals surface area contributed by atoms with Gasteiger partial charge in [-0.2, -0.15) is 0 Å².